The van der Waals surface area contributed by atoms with E-state index in [0.29, 0.717) is 0 Å². The van der Waals surface area contributed by atoms with Gasteiger partial charge >= 0.3 is 6.18 Å². The molecule has 1 N–H and O–H groups in total. The Hall–Kier alpha value is -1.61. The molecule has 3 nitrogen and oxygen atoms in total. The zero-order chi connectivity index (χ0) is 10.6. The van der Waals surface area contributed by atoms with E-state index >= 15 is 0 Å². The van der Waals surface area contributed by atoms with E-state index in [4.69, 9.17) is 5.11 Å². The van der Waals surface area contributed by atoms with Gasteiger partial charge in [0.05, 0.1) is 0 Å². The summed E-state index contributed by atoms with van der Waals surface area (Å²) >= 11 is 0. The van der Waals surface area contributed by atoms with Crippen LogP contribution < -0.4 is 0 Å². The predicted molar refractivity (Wildman–Crippen MR) is 41.0 cm³/mol. The van der Waals surface area contributed by atoms with Crippen molar-refractivity contribution in [1.82, 2.24) is 9.97 Å². The molecule has 0 spiro atoms. The molecule has 0 radical (unpaired) electrons. The Labute approximate surface area is 77.6 Å². The molecule has 0 amide bonds. The zero-order valence-corrected chi connectivity index (χ0v) is 6.84. The Morgan fingerprint density at radius 3 is 2.64 bits per heavy atom. The number of aliphatic hydroxyl groups excluding tert-OH is 1. The van der Waals surface area contributed by atoms with E-state index in [1.165, 1.54) is 0 Å². The number of halogens is 3. The van der Waals surface area contributed by atoms with Crippen LogP contribution in [0.2, 0.25) is 0 Å². The van der Waals surface area contributed by atoms with Crippen molar-refractivity contribution in [1.29, 1.82) is 0 Å². The first-order valence-electron chi connectivity index (χ1n) is 3.53. The number of aromatic nitrogens is 2. The lowest BCUT2D eigenvalue weighted by atomic mass is 10.3. The van der Waals surface area contributed by atoms with Crippen LogP contribution in [0.3, 0.4) is 0 Å². The summed E-state index contributed by atoms with van der Waals surface area (Å²) in [5.74, 6) is 4.45. The van der Waals surface area contributed by atoms with Crippen molar-refractivity contribution in [3.63, 3.8) is 0 Å². The van der Waals surface area contributed by atoms with Gasteiger partial charge in [0, 0.05) is 6.07 Å². The van der Waals surface area contributed by atoms with Gasteiger partial charge in [0.2, 0.25) is 0 Å². The Morgan fingerprint density at radius 2 is 2.07 bits per heavy atom. The van der Waals surface area contributed by atoms with Crippen LogP contribution >= 0.6 is 0 Å². The molecule has 6 heteroatoms. The summed E-state index contributed by atoms with van der Waals surface area (Å²) in [4.78, 5) is 6.55. The molecule has 0 bridgehead atoms. The van der Waals surface area contributed by atoms with Crippen LogP contribution in [-0.4, -0.2) is 21.7 Å². The highest BCUT2D eigenvalue weighted by Gasteiger charge is 2.32. The van der Waals surface area contributed by atoms with Crippen LogP contribution in [-0.2, 0) is 6.18 Å². The van der Waals surface area contributed by atoms with E-state index in [1.807, 2.05) is 0 Å². The number of aliphatic hydroxyl groups is 1. The maximum Gasteiger partial charge on any atom is 0.433 e. The van der Waals surface area contributed by atoms with Gasteiger partial charge in [0.25, 0.3) is 0 Å². The molecule has 0 unspecified atom stereocenters. The highest BCUT2D eigenvalue weighted by molar-refractivity contribution is 5.28. The second-order valence-corrected chi connectivity index (χ2v) is 2.25. The van der Waals surface area contributed by atoms with Gasteiger partial charge in [-0.25, -0.2) is 9.97 Å². The van der Waals surface area contributed by atoms with Crippen molar-refractivity contribution < 1.29 is 18.3 Å². The number of rotatable bonds is 0. The average Bonchev–Trinajstić information content (AvgIpc) is 2.14. The average molecular weight is 202 g/mol. The minimum atomic E-state index is -4.50. The van der Waals surface area contributed by atoms with E-state index in [0.717, 1.165) is 12.4 Å². The first kappa shape index (κ1) is 10.5. The topological polar surface area (TPSA) is 46.0 Å². The van der Waals surface area contributed by atoms with E-state index in [-0.39, 0.29) is 5.69 Å². The Balaban J connectivity index is 3.02. The number of alkyl halides is 3. The normalized spacial score (nSPS) is 10.6. The van der Waals surface area contributed by atoms with E-state index in [2.05, 4.69) is 21.8 Å². The van der Waals surface area contributed by atoms with Crippen LogP contribution in [0.15, 0.2) is 12.4 Å². The second kappa shape index (κ2) is 4.07. The quantitative estimate of drug-likeness (QED) is 0.634. The van der Waals surface area contributed by atoms with Gasteiger partial charge in [0.1, 0.15) is 24.3 Å². The third-order valence-electron chi connectivity index (χ3n) is 1.25. The highest BCUT2D eigenvalue weighted by Crippen LogP contribution is 2.26. The first-order chi connectivity index (χ1) is 6.54. The fraction of sp³-hybridized carbons (Fsp3) is 0.250. The van der Waals surface area contributed by atoms with Gasteiger partial charge in [-0.05, 0) is 5.92 Å². The molecule has 1 aromatic rings. The molecular formula is C8H5F3N2O. The van der Waals surface area contributed by atoms with Crippen molar-refractivity contribution in [3.8, 4) is 11.8 Å². The molecule has 0 atom stereocenters. The fourth-order valence-corrected chi connectivity index (χ4v) is 0.711. The van der Waals surface area contributed by atoms with Crippen LogP contribution in [0.1, 0.15) is 11.4 Å². The lowest BCUT2D eigenvalue weighted by molar-refractivity contribution is -0.141. The standard InChI is InChI=1S/C8H5F3N2O/c9-8(10,11)7-4-6(2-1-3-14)12-5-13-7/h4-5,14H,3H2. The third-order valence-corrected chi connectivity index (χ3v) is 1.25. The van der Waals surface area contributed by atoms with Crippen molar-refractivity contribution >= 4 is 0 Å². The smallest absolute Gasteiger partial charge is 0.384 e. The van der Waals surface area contributed by atoms with Crippen LogP contribution in [0.25, 0.3) is 0 Å². The minimum absolute atomic E-state index is 0.0682. The summed E-state index contributed by atoms with van der Waals surface area (Å²) in [6.07, 6.45) is -3.72. The molecular weight excluding hydrogens is 197 g/mol. The molecule has 1 heterocycles. The zero-order valence-electron chi connectivity index (χ0n) is 6.84. The van der Waals surface area contributed by atoms with Crippen LogP contribution in [0.4, 0.5) is 13.2 Å². The summed E-state index contributed by atoms with van der Waals surface area (Å²) in [6, 6.07) is 0.725. The Bertz CT molecular complexity index is 378. The highest BCUT2D eigenvalue weighted by atomic mass is 19.4. The largest absolute Gasteiger partial charge is 0.433 e. The molecule has 0 aliphatic carbocycles. The summed E-state index contributed by atoms with van der Waals surface area (Å²) in [7, 11) is 0. The van der Waals surface area contributed by atoms with E-state index in [9.17, 15) is 13.2 Å². The molecule has 0 aliphatic heterocycles. The summed E-state index contributed by atoms with van der Waals surface area (Å²) in [5, 5.41) is 8.32. The van der Waals surface area contributed by atoms with Crippen molar-refractivity contribution in [3.05, 3.63) is 23.8 Å². The van der Waals surface area contributed by atoms with Crippen molar-refractivity contribution in [2.45, 2.75) is 6.18 Å². The van der Waals surface area contributed by atoms with Gasteiger partial charge in [0.15, 0.2) is 0 Å². The van der Waals surface area contributed by atoms with E-state index < -0.39 is 18.5 Å². The predicted octanol–water partition coefficient (Wildman–Crippen LogP) is 0.839. The lowest BCUT2D eigenvalue weighted by Gasteiger charge is -2.03. The maximum absolute atomic E-state index is 12.1. The molecule has 0 aliphatic rings. The fourth-order valence-electron chi connectivity index (χ4n) is 0.711. The van der Waals surface area contributed by atoms with Gasteiger partial charge in [-0.2, -0.15) is 13.2 Å². The molecule has 14 heavy (non-hydrogen) atoms. The minimum Gasteiger partial charge on any atom is -0.384 e. The van der Waals surface area contributed by atoms with Gasteiger partial charge < -0.3 is 5.11 Å². The summed E-state index contributed by atoms with van der Waals surface area (Å²) in [5.41, 5.74) is -1.11. The maximum atomic E-state index is 12.1. The monoisotopic (exact) mass is 202 g/mol. The van der Waals surface area contributed by atoms with Gasteiger partial charge in [-0.3, -0.25) is 0 Å². The van der Waals surface area contributed by atoms with Gasteiger partial charge in [-0.1, -0.05) is 5.92 Å². The third kappa shape index (κ3) is 2.71. The summed E-state index contributed by atoms with van der Waals surface area (Å²) in [6.45, 7) is -0.425. The number of nitrogens with zero attached hydrogens (tertiary/aromatic N) is 2. The first-order valence-corrected chi connectivity index (χ1v) is 3.53. The molecule has 0 aromatic carbocycles. The van der Waals surface area contributed by atoms with Crippen LogP contribution in [0.5, 0.6) is 0 Å². The van der Waals surface area contributed by atoms with Gasteiger partial charge in [-0.15, -0.1) is 0 Å². The summed E-state index contributed by atoms with van der Waals surface area (Å²) < 4.78 is 36.3. The molecule has 74 valence electrons. The molecule has 0 saturated carbocycles. The SMILES string of the molecule is OCC#Cc1cc(C(F)(F)F)ncn1. The Morgan fingerprint density at radius 1 is 1.36 bits per heavy atom. The number of hydrogen-bond acceptors (Lipinski definition) is 3. The molecule has 0 saturated heterocycles. The van der Waals surface area contributed by atoms with Crippen molar-refractivity contribution in [2.75, 3.05) is 6.61 Å². The molecule has 1 rings (SSSR count). The second-order valence-electron chi connectivity index (χ2n) is 2.25. The van der Waals surface area contributed by atoms with Crippen LogP contribution in [0, 0.1) is 11.8 Å². The van der Waals surface area contributed by atoms with E-state index in [1.54, 1.807) is 0 Å². The lowest BCUT2D eigenvalue weighted by Crippen LogP contribution is -2.08. The molecule has 0 fully saturated rings. The Kier molecular flexibility index (Phi) is 3.04. The van der Waals surface area contributed by atoms with Crippen molar-refractivity contribution in [2.24, 2.45) is 0 Å². The molecule has 1 aromatic heterocycles. The number of hydrogen-bond donors (Lipinski definition) is 1.